The summed E-state index contributed by atoms with van der Waals surface area (Å²) in [4.78, 5) is 0. The maximum absolute atomic E-state index is 2.40. The van der Waals surface area contributed by atoms with E-state index in [1.165, 1.54) is 54.6 Å². The monoisotopic (exact) mass is 342 g/mol. The van der Waals surface area contributed by atoms with E-state index in [2.05, 4.69) is 91.8 Å². The molecule has 0 radical (unpaired) electrons. The lowest BCUT2D eigenvalue weighted by molar-refractivity contribution is 0.594. The molecular weight excluding hydrogens is 312 g/mol. The van der Waals surface area contributed by atoms with E-state index >= 15 is 0 Å². The highest BCUT2D eigenvalue weighted by Gasteiger charge is 2.24. The fourth-order valence-corrected chi connectivity index (χ4v) is 4.59. The lowest BCUT2D eigenvalue weighted by atomic mass is 9.77. The summed E-state index contributed by atoms with van der Waals surface area (Å²) in [5, 5.41) is 8.55. The molecule has 0 spiro atoms. The average Bonchev–Trinajstić information content (AvgIpc) is 2.53. The highest BCUT2D eigenvalue weighted by Crippen LogP contribution is 2.44. The number of rotatable bonds is 0. The summed E-state index contributed by atoms with van der Waals surface area (Å²) in [6.45, 7) is 18.5. The normalized spacial score (nSPS) is 13.4. The Morgan fingerprint density at radius 1 is 0.500 bits per heavy atom. The van der Waals surface area contributed by atoms with Crippen LogP contribution in [0.3, 0.4) is 0 Å². The molecule has 134 valence electrons. The Labute approximate surface area is 157 Å². The molecule has 26 heavy (non-hydrogen) atoms. The van der Waals surface area contributed by atoms with Gasteiger partial charge in [-0.2, -0.15) is 0 Å². The van der Waals surface area contributed by atoms with Gasteiger partial charge in [-0.3, -0.25) is 0 Å². The third-order valence-corrected chi connectivity index (χ3v) is 5.93. The first-order valence-corrected chi connectivity index (χ1v) is 9.73. The maximum Gasteiger partial charge on any atom is -0.00210 e. The van der Waals surface area contributed by atoms with Gasteiger partial charge in [0.2, 0.25) is 0 Å². The van der Waals surface area contributed by atoms with Crippen molar-refractivity contribution >= 4 is 32.3 Å². The van der Waals surface area contributed by atoms with Crippen LogP contribution in [0.4, 0.5) is 0 Å². The SMILES string of the molecule is Cc1cc(C(C)(C)C)c2ccc3c(C(C)(C)C)cc(C)c4ccc1c2c43. The Morgan fingerprint density at radius 2 is 0.808 bits per heavy atom. The number of hydrogen-bond acceptors (Lipinski definition) is 0. The van der Waals surface area contributed by atoms with Crippen molar-refractivity contribution in [3.63, 3.8) is 0 Å². The van der Waals surface area contributed by atoms with Gasteiger partial charge in [-0.25, -0.2) is 0 Å². The van der Waals surface area contributed by atoms with Crippen LogP contribution in [0, 0.1) is 13.8 Å². The Hall–Kier alpha value is -2.08. The molecule has 0 aliphatic heterocycles. The Balaban J connectivity index is 2.34. The molecule has 0 saturated heterocycles. The molecule has 4 rings (SSSR count). The number of hydrogen-bond donors (Lipinski definition) is 0. The van der Waals surface area contributed by atoms with Crippen LogP contribution in [-0.4, -0.2) is 0 Å². The summed E-state index contributed by atoms with van der Waals surface area (Å²) in [6, 6.07) is 14.2. The fourth-order valence-electron chi connectivity index (χ4n) is 4.59. The zero-order valence-electron chi connectivity index (χ0n) is 17.5. The summed E-state index contributed by atoms with van der Waals surface area (Å²) in [5.41, 5.74) is 5.95. The highest BCUT2D eigenvalue weighted by atomic mass is 14.3. The molecule has 4 aromatic rings. The van der Waals surface area contributed by atoms with Gasteiger partial charge in [-0.05, 0) is 79.2 Å². The molecule has 0 aromatic heterocycles. The van der Waals surface area contributed by atoms with E-state index in [-0.39, 0.29) is 10.8 Å². The summed E-state index contributed by atoms with van der Waals surface area (Å²) >= 11 is 0. The molecule has 0 heterocycles. The first-order chi connectivity index (χ1) is 12.0. The van der Waals surface area contributed by atoms with Gasteiger partial charge in [0.05, 0.1) is 0 Å². The van der Waals surface area contributed by atoms with Gasteiger partial charge < -0.3 is 0 Å². The molecule has 0 nitrogen and oxygen atoms in total. The van der Waals surface area contributed by atoms with Crippen molar-refractivity contribution in [2.75, 3.05) is 0 Å². The molecule has 4 aromatic carbocycles. The molecule has 0 fully saturated rings. The van der Waals surface area contributed by atoms with Gasteiger partial charge >= 0.3 is 0 Å². The van der Waals surface area contributed by atoms with Gasteiger partial charge in [0, 0.05) is 0 Å². The second-order valence-corrected chi connectivity index (χ2v) is 10.1. The van der Waals surface area contributed by atoms with Crippen LogP contribution < -0.4 is 0 Å². The van der Waals surface area contributed by atoms with Gasteiger partial charge in [-0.15, -0.1) is 0 Å². The summed E-state index contributed by atoms with van der Waals surface area (Å²) in [7, 11) is 0. The minimum Gasteiger partial charge on any atom is -0.0561 e. The van der Waals surface area contributed by atoms with E-state index in [9.17, 15) is 0 Å². The van der Waals surface area contributed by atoms with Gasteiger partial charge in [0.25, 0.3) is 0 Å². The lowest BCUT2D eigenvalue weighted by Crippen LogP contribution is -2.14. The predicted octanol–water partition coefficient (Wildman–Crippen LogP) is 7.80. The predicted molar refractivity (Wildman–Crippen MR) is 117 cm³/mol. The quantitative estimate of drug-likeness (QED) is 0.286. The van der Waals surface area contributed by atoms with E-state index in [1.807, 2.05) is 0 Å². The first kappa shape index (κ1) is 17.3. The Morgan fingerprint density at radius 3 is 1.12 bits per heavy atom. The molecule has 0 aliphatic rings. The van der Waals surface area contributed by atoms with Crippen molar-refractivity contribution < 1.29 is 0 Å². The van der Waals surface area contributed by atoms with Crippen LogP contribution >= 0.6 is 0 Å². The maximum atomic E-state index is 2.40. The Bertz CT molecular complexity index is 1050. The van der Waals surface area contributed by atoms with Gasteiger partial charge in [0.15, 0.2) is 0 Å². The van der Waals surface area contributed by atoms with E-state index in [1.54, 1.807) is 0 Å². The van der Waals surface area contributed by atoms with Crippen molar-refractivity contribution in [3.05, 3.63) is 58.7 Å². The zero-order chi connectivity index (χ0) is 19.0. The van der Waals surface area contributed by atoms with Crippen molar-refractivity contribution in [2.45, 2.75) is 66.2 Å². The number of aryl methyl sites for hydroxylation is 2. The van der Waals surface area contributed by atoms with Crippen molar-refractivity contribution in [1.29, 1.82) is 0 Å². The van der Waals surface area contributed by atoms with Crippen molar-refractivity contribution in [1.82, 2.24) is 0 Å². The van der Waals surface area contributed by atoms with E-state index < -0.39 is 0 Å². The summed E-state index contributed by atoms with van der Waals surface area (Å²) in [5.74, 6) is 0. The van der Waals surface area contributed by atoms with Crippen LogP contribution in [0.1, 0.15) is 63.8 Å². The molecule has 0 N–H and O–H groups in total. The van der Waals surface area contributed by atoms with Gasteiger partial charge in [-0.1, -0.05) is 77.9 Å². The minimum atomic E-state index is 0.134. The van der Waals surface area contributed by atoms with Crippen LogP contribution in [0.25, 0.3) is 32.3 Å². The first-order valence-electron chi connectivity index (χ1n) is 9.73. The minimum absolute atomic E-state index is 0.134. The molecule has 0 amide bonds. The molecule has 0 heteroatoms. The summed E-state index contributed by atoms with van der Waals surface area (Å²) < 4.78 is 0. The smallest absolute Gasteiger partial charge is 0.00210 e. The van der Waals surface area contributed by atoms with Crippen LogP contribution in [0.2, 0.25) is 0 Å². The second kappa shape index (κ2) is 5.22. The molecule has 0 aliphatic carbocycles. The molecule has 0 saturated carbocycles. The third-order valence-electron chi connectivity index (χ3n) is 5.93. The van der Waals surface area contributed by atoms with Crippen LogP contribution in [0.5, 0.6) is 0 Å². The van der Waals surface area contributed by atoms with Crippen LogP contribution in [-0.2, 0) is 10.8 Å². The average molecular weight is 343 g/mol. The Kier molecular flexibility index (Phi) is 3.48. The van der Waals surface area contributed by atoms with Gasteiger partial charge in [0.1, 0.15) is 0 Å². The van der Waals surface area contributed by atoms with Crippen LogP contribution in [0.15, 0.2) is 36.4 Å². The summed E-state index contributed by atoms with van der Waals surface area (Å²) in [6.07, 6.45) is 0. The molecule has 0 bridgehead atoms. The molecule has 0 unspecified atom stereocenters. The standard InChI is InChI=1S/C26H30/c1-15-13-21(25(3,4)5)19-11-12-20-22(26(6,7)8)14-16(2)18-10-9-17(15)23(19)24(18)20/h9-14H,1-8H3. The van der Waals surface area contributed by atoms with E-state index in [4.69, 9.17) is 0 Å². The third kappa shape index (κ3) is 2.35. The topological polar surface area (TPSA) is 0 Å². The fraction of sp³-hybridized carbons (Fsp3) is 0.385. The highest BCUT2D eigenvalue weighted by molar-refractivity contribution is 6.25. The van der Waals surface area contributed by atoms with Crippen molar-refractivity contribution in [3.8, 4) is 0 Å². The lowest BCUT2D eigenvalue weighted by Gasteiger charge is -2.27. The van der Waals surface area contributed by atoms with Crippen molar-refractivity contribution in [2.24, 2.45) is 0 Å². The molecular formula is C26H30. The zero-order valence-corrected chi connectivity index (χ0v) is 17.5. The van der Waals surface area contributed by atoms with E-state index in [0.717, 1.165) is 0 Å². The largest absolute Gasteiger partial charge is 0.0561 e. The van der Waals surface area contributed by atoms with E-state index in [0.29, 0.717) is 0 Å². The second-order valence-electron chi connectivity index (χ2n) is 10.1. The number of benzene rings is 4. The molecule has 0 atom stereocenters.